The normalized spacial score (nSPS) is 20.1. The molecule has 3 nitrogen and oxygen atoms in total. The van der Waals surface area contributed by atoms with Gasteiger partial charge in [-0.2, -0.15) is 0 Å². The number of rotatable bonds is 2. The first-order chi connectivity index (χ1) is 9.34. The molecule has 1 saturated heterocycles. The molecule has 1 N–H and O–H groups in total. The van der Waals surface area contributed by atoms with Crippen LogP contribution >= 0.6 is 0 Å². The fraction of sp³-hybridized carbons (Fsp3) is 0.600. The average molecular weight is 265 g/mol. The van der Waals surface area contributed by atoms with E-state index < -0.39 is 0 Å². The van der Waals surface area contributed by atoms with Crippen LogP contribution in [0.5, 0.6) is 11.5 Å². The molecule has 0 aliphatic carbocycles. The summed E-state index contributed by atoms with van der Waals surface area (Å²) in [4.78, 5) is 0. The number of benzene rings is 1. The van der Waals surface area contributed by atoms with Gasteiger partial charge in [0.1, 0.15) is 5.82 Å². The zero-order valence-corrected chi connectivity index (χ0v) is 11.1. The van der Waals surface area contributed by atoms with Crippen molar-refractivity contribution in [2.45, 2.75) is 25.7 Å². The van der Waals surface area contributed by atoms with Crippen molar-refractivity contribution in [1.29, 1.82) is 0 Å². The largest absolute Gasteiger partial charge is 0.490 e. The maximum Gasteiger partial charge on any atom is 0.167 e. The summed E-state index contributed by atoms with van der Waals surface area (Å²) < 4.78 is 25.5. The molecule has 1 aromatic carbocycles. The van der Waals surface area contributed by atoms with E-state index in [0.29, 0.717) is 36.2 Å². The highest BCUT2D eigenvalue weighted by atomic mass is 19.1. The molecule has 0 atom stereocenters. The standard InChI is InChI=1S/C15H20FNO2/c16-13-2-3-14-15(19-9-1-8-18-14)12(13)10-11-4-6-17-7-5-11/h2-3,11,17H,1,4-10H2. The molecular weight excluding hydrogens is 245 g/mol. The van der Waals surface area contributed by atoms with Crippen LogP contribution in [0.15, 0.2) is 12.1 Å². The van der Waals surface area contributed by atoms with Crippen molar-refractivity contribution >= 4 is 0 Å². The molecule has 0 bridgehead atoms. The lowest BCUT2D eigenvalue weighted by Gasteiger charge is -2.24. The van der Waals surface area contributed by atoms with Crippen LogP contribution in [0.2, 0.25) is 0 Å². The van der Waals surface area contributed by atoms with E-state index in [1.807, 2.05) is 0 Å². The van der Waals surface area contributed by atoms with Crippen LogP contribution in [0.25, 0.3) is 0 Å². The average Bonchev–Trinajstić information content (AvgIpc) is 2.69. The van der Waals surface area contributed by atoms with Gasteiger partial charge in [0.25, 0.3) is 0 Å². The molecule has 4 heteroatoms. The highest BCUT2D eigenvalue weighted by Crippen LogP contribution is 2.37. The Labute approximate surface area is 113 Å². The Morgan fingerprint density at radius 3 is 2.79 bits per heavy atom. The topological polar surface area (TPSA) is 30.5 Å². The Balaban J connectivity index is 1.86. The molecule has 1 aromatic rings. The maximum absolute atomic E-state index is 14.1. The number of hydrogen-bond donors (Lipinski definition) is 1. The van der Waals surface area contributed by atoms with Gasteiger partial charge in [0.05, 0.1) is 13.2 Å². The number of piperidine rings is 1. The molecule has 3 rings (SSSR count). The van der Waals surface area contributed by atoms with Gasteiger partial charge in [0.2, 0.25) is 0 Å². The van der Waals surface area contributed by atoms with Gasteiger partial charge in [0.15, 0.2) is 11.5 Å². The molecule has 0 radical (unpaired) electrons. The second kappa shape index (κ2) is 5.78. The minimum atomic E-state index is -0.164. The molecule has 0 aromatic heterocycles. The van der Waals surface area contributed by atoms with Crippen LogP contribution in [0.1, 0.15) is 24.8 Å². The van der Waals surface area contributed by atoms with Crippen molar-refractivity contribution in [1.82, 2.24) is 5.32 Å². The highest BCUT2D eigenvalue weighted by molar-refractivity contribution is 5.48. The smallest absolute Gasteiger partial charge is 0.167 e. The SMILES string of the molecule is Fc1ccc2c(c1CC1CCNCC1)OCCCO2. The van der Waals surface area contributed by atoms with Crippen LogP contribution in [0, 0.1) is 11.7 Å². The lowest BCUT2D eigenvalue weighted by atomic mass is 9.90. The Morgan fingerprint density at radius 2 is 1.95 bits per heavy atom. The van der Waals surface area contributed by atoms with Gasteiger partial charge in [-0.15, -0.1) is 0 Å². The first kappa shape index (κ1) is 12.7. The van der Waals surface area contributed by atoms with Crippen LogP contribution in [-0.2, 0) is 6.42 Å². The van der Waals surface area contributed by atoms with Crippen LogP contribution in [-0.4, -0.2) is 26.3 Å². The molecular formula is C15H20FNO2. The summed E-state index contributed by atoms with van der Waals surface area (Å²) in [5.41, 5.74) is 0.700. The fourth-order valence-corrected chi connectivity index (χ4v) is 2.83. The predicted octanol–water partition coefficient (Wildman–Crippen LogP) is 2.53. The number of halogens is 1. The molecule has 0 saturated carbocycles. The van der Waals surface area contributed by atoms with E-state index >= 15 is 0 Å². The summed E-state index contributed by atoms with van der Waals surface area (Å²) in [5.74, 6) is 1.70. The third-order valence-corrected chi connectivity index (χ3v) is 3.91. The zero-order valence-electron chi connectivity index (χ0n) is 11.1. The predicted molar refractivity (Wildman–Crippen MR) is 71.3 cm³/mol. The van der Waals surface area contributed by atoms with Gasteiger partial charge in [-0.05, 0) is 50.4 Å². The zero-order chi connectivity index (χ0) is 13.1. The summed E-state index contributed by atoms with van der Waals surface area (Å²) in [6.07, 6.45) is 3.80. The first-order valence-electron chi connectivity index (χ1n) is 7.12. The third-order valence-electron chi connectivity index (χ3n) is 3.91. The summed E-state index contributed by atoms with van der Waals surface area (Å²) in [5, 5.41) is 3.34. The Bertz CT molecular complexity index is 444. The third kappa shape index (κ3) is 2.84. The van der Waals surface area contributed by atoms with Gasteiger partial charge in [-0.1, -0.05) is 0 Å². The van der Waals surface area contributed by atoms with Crippen molar-refractivity contribution in [3.8, 4) is 11.5 Å². The molecule has 104 valence electrons. The van der Waals surface area contributed by atoms with Gasteiger partial charge < -0.3 is 14.8 Å². The first-order valence-corrected chi connectivity index (χ1v) is 7.12. The Morgan fingerprint density at radius 1 is 1.16 bits per heavy atom. The molecule has 19 heavy (non-hydrogen) atoms. The van der Waals surface area contributed by atoms with E-state index in [1.165, 1.54) is 6.07 Å². The minimum absolute atomic E-state index is 0.164. The van der Waals surface area contributed by atoms with Crippen LogP contribution in [0.3, 0.4) is 0 Å². The molecule has 0 unspecified atom stereocenters. The summed E-state index contributed by atoms with van der Waals surface area (Å²) in [6, 6.07) is 3.19. The minimum Gasteiger partial charge on any atom is -0.490 e. The Hall–Kier alpha value is -1.29. The summed E-state index contributed by atoms with van der Waals surface area (Å²) in [6.45, 7) is 3.30. The van der Waals surface area contributed by atoms with Crippen molar-refractivity contribution in [2.24, 2.45) is 5.92 Å². The van der Waals surface area contributed by atoms with E-state index in [-0.39, 0.29) is 5.82 Å². The van der Waals surface area contributed by atoms with Crippen LogP contribution < -0.4 is 14.8 Å². The monoisotopic (exact) mass is 265 g/mol. The van der Waals surface area contributed by atoms with E-state index in [2.05, 4.69) is 5.32 Å². The van der Waals surface area contributed by atoms with Gasteiger partial charge in [0, 0.05) is 12.0 Å². The number of nitrogens with one attached hydrogen (secondary N) is 1. The maximum atomic E-state index is 14.1. The number of hydrogen-bond acceptors (Lipinski definition) is 3. The van der Waals surface area contributed by atoms with Crippen molar-refractivity contribution < 1.29 is 13.9 Å². The van der Waals surface area contributed by atoms with Gasteiger partial charge >= 0.3 is 0 Å². The second-order valence-corrected chi connectivity index (χ2v) is 5.30. The summed E-state index contributed by atoms with van der Waals surface area (Å²) in [7, 11) is 0. The van der Waals surface area contributed by atoms with Gasteiger partial charge in [-0.25, -0.2) is 4.39 Å². The van der Waals surface area contributed by atoms with E-state index in [4.69, 9.17) is 9.47 Å². The molecule has 2 heterocycles. The number of fused-ring (bicyclic) bond motifs is 1. The van der Waals surface area contributed by atoms with Gasteiger partial charge in [-0.3, -0.25) is 0 Å². The quantitative estimate of drug-likeness (QED) is 0.891. The van der Waals surface area contributed by atoms with E-state index in [9.17, 15) is 4.39 Å². The lowest BCUT2D eigenvalue weighted by Crippen LogP contribution is -2.29. The molecule has 2 aliphatic rings. The molecule has 0 spiro atoms. The molecule has 0 amide bonds. The van der Waals surface area contributed by atoms with Crippen molar-refractivity contribution in [3.05, 3.63) is 23.5 Å². The molecule has 2 aliphatic heterocycles. The molecule has 1 fully saturated rings. The van der Waals surface area contributed by atoms with E-state index in [0.717, 1.165) is 38.8 Å². The van der Waals surface area contributed by atoms with E-state index in [1.54, 1.807) is 6.07 Å². The Kier molecular flexibility index (Phi) is 3.87. The highest BCUT2D eigenvalue weighted by Gasteiger charge is 2.22. The summed E-state index contributed by atoms with van der Waals surface area (Å²) >= 11 is 0. The number of ether oxygens (including phenoxy) is 2. The second-order valence-electron chi connectivity index (χ2n) is 5.30. The van der Waals surface area contributed by atoms with Crippen molar-refractivity contribution in [2.75, 3.05) is 26.3 Å². The lowest BCUT2D eigenvalue weighted by molar-refractivity contribution is 0.294. The fourth-order valence-electron chi connectivity index (χ4n) is 2.83. The van der Waals surface area contributed by atoms with Crippen molar-refractivity contribution in [3.63, 3.8) is 0 Å². The van der Waals surface area contributed by atoms with Crippen LogP contribution in [0.4, 0.5) is 4.39 Å².